The number of benzene rings is 2. The van der Waals surface area contributed by atoms with Crippen molar-refractivity contribution in [2.24, 2.45) is 0 Å². The molecule has 26 heavy (non-hydrogen) atoms. The van der Waals surface area contributed by atoms with Gasteiger partial charge in [0, 0.05) is 25.7 Å². The van der Waals surface area contributed by atoms with E-state index in [-0.39, 0.29) is 5.89 Å². The van der Waals surface area contributed by atoms with Gasteiger partial charge in [0.15, 0.2) is 5.58 Å². The van der Waals surface area contributed by atoms with Crippen LogP contribution in [0.5, 0.6) is 0 Å². The Labute approximate surface area is 147 Å². The lowest BCUT2D eigenvalue weighted by Gasteiger charge is -2.05. The first kappa shape index (κ1) is 19.0. The van der Waals surface area contributed by atoms with E-state index in [0.29, 0.717) is 22.2 Å². The molecule has 0 radical (unpaired) electrons. The smallest absolute Gasteiger partial charge is 0.416 e. The average molecular weight is 361 g/mol. The summed E-state index contributed by atoms with van der Waals surface area (Å²) in [6.45, 7) is 0. The van der Waals surface area contributed by atoms with Gasteiger partial charge < -0.3 is 9.32 Å². The van der Waals surface area contributed by atoms with Crippen molar-refractivity contribution in [1.29, 1.82) is 5.26 Å². The largest absolute Gasteiger partial charge is 0.436 e. The minimum absolute atomic E-state index is 0.216. The summed E-state index contributed by atoms with van der Waals surface area (Å²) in [5.74, 6) is 0.216. The third-order valence-corrected chi connectivity index (χ3v) is 3.19. The highest BCUT2D eigenvalue weighted by Crippen LogP contribution is 2.31. The zero-order chi connectivity index (χ0) is 19.3. The van der Waals surface area contributed by atoms with Crippen molar-refractivity contribution in [2.75, 3.05) is 14.1 Å². The molecule has 3 rings (SSSR count). The van der Waals surface area contributed by atoms with Crippen molar-refractivity contribution < 1.29 is 22.4 Å². The Bertz CT molecular complexity index is 939. The molecule has 2 aromatic carbocycles. The fourth-order valence-corrected chi connectivity index (χ4v) is 1.92. The Hall–Kier alpha value is -3.34. The number of nitriles is 1. The van der Waals surface area contributed by atoms with Crippen LogP contribution < -0.4 is 0 Å². The summed E-state index contributed by atoms with van der Waals surface area (Å²) >= 11 is 0. The van der Waals surface area contributed by atoms with E-state index in [1.165, 1.54) is 23.1 Å². The Balaban J connectivity index is 0.000000431. The van der Waals surface area contributed by atoms with E-state index in [0.717, 1.165) is 18.5 Å². The third-order valence-electron chi connectivity index (χ3n) is 3.19. The molecule has 0 unspecified atom stereocenters. The van der Waals surface area contributed by atoms with Crippen molar-refractivity contribution in [3.63, 3.8) is 0 Å². The highest BCUT2D eigenvalue weighted by atomic mass is 19.4. The number of alkyl halides is 3. The lowest BCUT2D eigenvalue weighted by atomic mass is 10.1. The number of carbonyl (C=O) groups excluding carboxylic acids is 1. The van der Waals surface area contributed by atoms with Crippen LogP contribution in [0, 0.1) is 11.3 Å². The van der Waals surface area contributed by atoms with Crippen molar-refractivity contribution in [3.8, 4) is 17.5 Å². The minimum Gasteiger partial charge on any atom is -0.436 e. The highest BCUT2D eigenvalue weighted by molar-refractivity contribution is 5.77. The number of aromatic nitrogens is 1. The van der Waals surface area contributed by atoms with Gasteiger partial charge in [0.05, 0.1) is 17.2 Å². The number of fused-ring (bicyclic) bond motifs is 1. The number of carbonyl (C=O) groups is 1. The van der Waals surface area contributed by atoms with Gasteiger partial charge in [-0.15, -0.1) is 0 Å². The van der Waals surface area contributed by atoms with Crippen LogP contribution in [-0.2, 0) is 11.0 Å². The minimum atomic E-state index is -4.37. The predicted octanol–water partition coefficient (Wildman–Crippen LogP) is 4.09. The summed E-state index contributed by atoms with van der Waals surface area (Å²) in [6, 6.07) is 11.3. The topological polar surface area (TPSA) is 70.1 Å². The summed E-state index contributed by atoms with van der Waals surface area (Å²) in [6.07, 6.45) is -3.62. The van der Waals surface area contributed by atoms with Crippen LogP contribution in [0.2, 0.25) is 0 Å². The van der Waals surface area contributed by atoms with Crippen LogP contribution in [0.25, 0.3) is 22.6 Å². The van der Waals surface area contributed by atoms with Crippen LogP contribution in [0.15, 0.2) is 46.9 Å². The number of halogens is 3. The fourth-order valence-electron chi connectivity index (χ4n) is 1.92. The Morgan fingerprint density at radius 1 is 1.15 bits per heavy atom. The number of oxazole rings is 1. The second-order valence-corrected chi connectivity index (χ2v) is 5.46. The normalized spacial score (nSPS) is 10.6. The molecule has 0 spiro atoms. The van der Waals surface area contributed by atoms with Crippen LogP contribution in [0.3, 0.4) is 0 Å². The van der Waals surface area contributed by atoms with Gasteiger partial charge in [0.1, 0.15) is 5.52 Å². The maximum Gasteiger partial charge on any atom is 0.416 e. The molecular formula is C18H14F3N3O2. The van der Waals surface area contributed by atoms with Gasteiger partial charge >= 0.3 is 6.18 Å². The van der Waals surface area contributed by atoms with Gasteiger partial charge in [0.2, 0.25) is 12.3 Å². The fraction of sp³-hybridized carbons (Fsp3) is 0.167. The molecule has 0 aliphatic heterocycles. The maximum atomic E-state index is 12.5. The van der Waals surface area contributed by atoms with Gasteiger partial charge in [-0.3, -0.25) is 4.79 Å². The molecule has 3 aromatic rings. The van der Waals surface area contributed by atoms with Crippen molar-refractivity contribution >= 4 is 17.5 Å². The lowest BCUT2D eigenvalue weighted by Crippen LogP contribution is -2.06. The number of hydrogen-bond donors (Lipinski definition) is 0. The van der Waals surface area contributed by atoms with Crippen molar-refractivity contribution in [2.45, 2.75) is 6.18 Å². The van der Waals surface area contributed by atoms with Crippen molar-refractivity contribution in [1.82, 2.24) is 9.88 Å². The summed E-state index contributed by atoms with van der Waals surface area (Å²) in [4.78, 5) is 15.1. The Kier molecular flexibility index (Phi) is 5.62. The molecule has 0 N–H and O–H groups in total. The zero-order valence-electron chi connectivity index (χ0n) is 13.9. The molecule has 0 atom stereocenters. The van der Waals surface area contributed by atoms with Gasteiger partial charge in [-0.1, -0.05) is 0 Å². The molecular weight excluding hydrogens is 347 g/mol. The third kappa shape index (κ3) is 4.60. The Morgan fingerprint density at radius 2 is 1.77 bits per heavy atom. The van der Waals surface area contributed by atoms with E-state index in [1.807, 2.05) is 6.07 Å². The quantitative estimate of drug-likeness (QED) is 0.645. The van der Waals surface area contributed by atoms with Crippen LogP contribution in [-0.4, -0.2) is 30.4 Å². The van der Waals surface area contributed by atoms with E-state index in [1.54, 1.807) is 26.2 Å². The van der Waals surface area contributed by atoms with Gasteiger partial charge in [-0.05, 0) is 36.4 Å². The van der Waals surface area contributed by atoms with E-state index in [2.05, 4.69) is 4.98 Å². The molecule has 1 amide bonds. The zero-order valence-corrected chi connectivity index (χ0v) is 13.9. The first-order valence-corrected chi connectivity index (χ1v) is 7.34. The predicted molar refractivity (Wildman–Crippen MR) is 88.9 cm³/mol. The molecule has 0 aliphatic carbocycles. The number of rotatable bonds is 2. The van der Waals surface area contributed by atoms with Crippen LogP contribution in [0.1, 0.15) is 11.1 Å². The second kappa shape index (κ2) is 7.70. The lowest BCUT2D eigenvalue weighted by molar-refractivity contribution is -0.137. The van der Waals surface area contributed by atoms with Gasteiger partial charge in [-0.2, -0.15) is 18.4 Å². The number of nitrogens with zero attached hydrogens (tertiary/aromatic N) is 3. The molecule has 134 valence electrons. The summed E-state index contributed by atoms with van der Waals surface area (Å²) < 4.78 is 43.0. The molecule has 1 heterocycles. The van der Waals surface area contributed by atoms with E-state index in [4.69, 9.17) is 9.68 Å². The SMILES string of the molecule is CN(C)C=O.N#Cc1ccc2nc(-c3ccc(C(F)(F)F)cc3)oc2c1. The van der Waals surface area contributed by atoms with E-state index < -0.39 is 11.7 Å². The number of amides is 1. The first-order valence-electron chi connectivity index (χ1n) is 7.34. The summed E-state index contributed by atoms with van der Waals surface area (Å²) in [5, 5.41) is 8.81. The number of hydrogen-bond acceptors (Lipinski definition) is 4. The van der Waals surface area contributed by atoms with Gasteiger partial charge in [-0.25, -0.2) is 4.98 Å². The maximum absolute atomic E-state index is 12.5. The van der Waals surface area contributed by atoms with Crippen LogP contribution in [0.4, 0.5) is 13.2 Å². The van der Waals surface area contributed by atoms with Crippen molar-refractivity contribution in [3.05, 3.63) is 53.6 Å². The monoisotopic (exact) mass is 361 g/mol. The summed E-state index contributed by atoms with van der Waals surface area (Å²) in [5.41, 5.74) is 1.11. The molecule has 0 bridgehead atoms. The molecule has 1 aromatic heterocycles. The summed E-state index contributed by atoms with van der Waals surface area (Å²) in [7, 11) is 3.38. The van der Waals surface area contributed by atoms with Crippen LogP contribution >= 0.6 is 0 Å². The molecule has 0 saturated carbocycles. The first-order chi connectivity index (χ1) is 12.2. The molecule has 0 saturated heterocycles. The molecule has 5 nitrogen and oxygen atoms in total. The highest BCUT2D eigenvalue weighted by Gasteiger charge is 2.30. The van der Waals surface area contributed by atoms with E-state index in [9.17, 15) is 18.0 Å². The molecule has 8 heteroatoms. The average Bonchev–Trinajstić information content (AvgIpc) is 3.04. The second-order valence-electron chi connectivity index (χ2n) is 5.46. The van der Waals surface area contributed by atoms with Gasteiger partial charge in [0.25, 0.3) is 0 Å². The molecule has 0 aliphatic rings. The Morgan fingerprint density at radius 3 is 2.27 bits per heavy atom. The van der Waals surface area contributed by atoms with E-state index >= 15 is 0 Å². The standard InChI is InChI=1S/C15H7F3N2O.C3H7NO/c16-15(17,18)11-4-2-10(3-5-11)14-20-12-6-1-9(8-19)7-13(12)21-14;1-4(2)3-5/h1-7H;3H,1-2H3. The molecule has 0 fully saturated rings.